The molecule has 0 saturated carbocycles. The number of nitrogens with zero attached hydrogens (tertiary/aromatic N) is 2. The first-order valence-corrected chi connectivity index (χ1v) is 5.50. The number of hydrogen-bond donors (Lipinski definition) is 1. The molecule has 0 aliphatic carbocycles. The Kier molecular flexibility index (Phi) is 2.46. The lowest BCUT2D eigenvalue weighted by Gasteiger charge is -2.04. The molecule has 0 spiro atoms. The van der Waals surface area contributed by atoms with Gasteiger partial charge in [0.1, 0.15) is 6.26 Å². The highest BCUT2D eigenvalue weighted by Gasteiger charge is 2.18. The van der Waals surface area contributed by atoms with Gasteiger partial charge in [0.15, 0.2) is 0 Å². The van der Waals surface area contributed by atoms with Gasteiger partial charge in [-0.2, -0.15) is 4.98 Å². The SMILES string of the molecule is c1cc(-c2noc(CC3CCCN3)n2)co1. The van der Waals surface area contributed by atoms with Gasteiger partial charge in [-0.25, -0.2) is 0 Å². The molecule has 5 heteroatoms. The monoisotopic (exact) mass is 219 g/mol. The molecular formula is C11H13N3O2. The molecule has 2 aromatic heterocycles. The van der Waals surface area contributed by atoms with Gasteiger partial charge < -0.3 is 14.3 Å². The van der Waals surface area contributed by atoms with Gasteiger partial charge in [-0.05, 0) is 25.5 Å². The van der Waals surface area contributed by atoms with E-state index < -0.39 is 0 Å². The lowest BCUT2D eigenvalue weighted by Crippen LogP contribution is -2.23. The van der Waals surface area contributed by atoms with E-state index in [-0.39, 0.29) is 0 Å². The van der Waals surface area contributed by atoms with Gasteiger partial charge in [-0.3, -0.25) is 0 Å². The number of hydrogen-bond acceptors (Lipinski definition) is 5. The molecule has 1 saturated heterocycles. The summed E-state index contributed by atoms with van der Waals surface area (Å²) in [5.74, 6) is 1.29. The van der Waals surface area contributed by atoms with Gasteiger partial charge in [-0.15, -0.1) is 0 Å². The first kappa shape index (κ1) is 9.59. The summed E-state index contributed by atoms with van der Waals surface area (Å²) in [6, 6.07) is 2.31. The molecular weight excluding hydrogens is 206 g/mol. The van der Waals surface area contributed by atoms with Gasteiger partial charge in [0, 0.05) is 12.5 Å². The maximum absolute atomic E-state index is 5.21. The van der Waals surface area contributed by atoms with Crippen molar-refractivity contribution in [2.45, 2.75) is 25.3 Å². The van der Waals surface area contributed by atoms with Crippen molar-refractivity contribution < 1.29 is 8.94 Å². The fraction of sp³-hybridized carbons (Fsp3) is 0.455. The van der Waals surface area contributed by atoms with Crippen LogP contribution in [0.15, 0.2) is 27.5 Å². The van der Waals surface area contributed by atoms with E-state index in [2.05, 4.69) is 15.5 Å². The second-order valence-corrected chi connectivity index (χ2v) is 4.02. The van der Waals surface area contributed by atoms with Crippen LogP contribution in [-0.4, -0.2) is 22.7 Å². The highest BCUT2D eigenvalue weighted by molar-refractivity contribution is 5.51. The van der Waals surface area contributed by atoms with E-state index >= 15 is 0 Å². The van der Waals surface area contributed by atoms with E-state index in [0.717, 1.165) is 18.5 Å². The van der Waals surface area contributed by atoms with E-state index in [1.165, 1.54) is 12.8 Å². The van der Waals surface area contributed by atoms with Crippen LogP contribution in [0.2, 0.25) is 0 Å². The van der Waals surface area contributed by atoms with Crippen molar-refractivity contribution in [3.8, 4) is 11.4 Å². The molecule has 3 rings (SSSR count). The van der Waals surface area contributed by atoms with Crippen LogP contribution in [0.4, 0.5) is 0 Å². The topological polar surface area (TPSA) is 64.1 Å². The average Bonchev–Trinajstić information content (AvgIpc) is 2.99. The van der Waals surface area contributed by atoms with Crippen LogP contribution >= 0.6 is 0 Å². The molecule has 0 radical (unpaired) electrons. The Hall–Kier alpha value is -1.62. The van der Waals surface area contributed by atoms with E-state index in [4.69, 9.17) is 8.94 Å². The molecule has 1 fully saturated rings. The molecule has 16 heavy (non-hydrogen) atoms. The third-order valence-electron chi connectivity index (χ3n) is 2.83. The fourth-order valence-electron chi connectivity index (χ4n) is 1.99. The normalized spacial score (nSPS) is 20.4. The Morgan fingerprint density at radius 3 is 3.25 bits per heavy atom. The highest BCUT2D eigenvalue weighted by atomic mass is 16.5. The van der Waals surface area contributed by atoms with E-state index in [1.807, 2.05) is 6.07 Å². The molecule has 1 aliphatic rings. The molecule has 1 unspecified atom stereocenters. The van der Waals surface area contributed by atoms with Crippen molar-refractivity contribution in [2.24, 2.45) is 0 Å². The molecule has 0 amide bonds. The second kappa shape index (κ2) is 4.09. The van der Waals surface area contributed by atoms with Crippen LogP contribution in [0.1, 0.15) is 18.7 Å². The molecule has 1 atom stereocenters. The lowest BCUT2D eigenvalue weighted by molar-refractivity contribution is 0.364. The van der Waals surface area contributed by atoms with E-state index in [9.17, 15) is 0 Å². The predicted molar refractivity (Wildman–Crippen MR) is 56.7 cm³/mol. The molecule has 3 heterocycles. The van der Waals surface area contributed by atoms with Crippen molar-refractivity contribution in [2.75, 3.05) is 6.54 Å². The molecule has 1 N–H and O–H groups in total. The Balaban J connectivity index is 1.72. The summed E-state index contributed by atoms with van der Waals surface area (Å²) in [7, 11) is 0. The van der Waals surface area contributed by atoms with E-state index in [0.29, 0.717) is 17.8 Å². The van der Waals surface area contributed by atoms with Crippen molar-refractivity contribution >= 4 is 0 Å². The molecule has 0 aromatic carbocycles. The summed E-state index contributed by atoms with van der Waals surface area (Å²) in [4.78, 5) is 4.34. The van der Waals surface area contributed by atoms with Crippen molar-refractivity contribution in [3.05, 3.63) is 24.5 Å². The highest BCUT2D eigenvalue weighted by Crippen LogP contribution is 2.17. The minimum Gasteiger partial charge on any atom is -0.472 e. The van der Waals surface area contributed by atoms with Gasteiger partial charge in [0.2, 0.25) is 11.7 Å². The number of nitrogens with one attached hydrogen (secondary N) is 1. The Labute approximate surface area is 92.8 Å². The molecule has 5 nitrogen and oxygen atoms in total. The summed E-state index contributed by atoms with van der Waals surface area (Å²) in [6.07, 6.45) is 6.44. The lowest BCUT2D eigenvalue weighted by atomic mass is 10.1. The first-order valence-electron chi connectivity index (χ1n) is 5.50. The van der Waals surface area contributed by atoms with Crippen molar-refractivity contribution in [1.82, 2.24) is 15.5 Å². The van der Waals surface area contributed by atoms with Crippen LogP contribution in [0.25, 0.3) is 11.4 Å². The summed E-state index contributed by atoms with van der Waals surface area (Å²) in [5, 5.41) is 7.33. The summed E-state index contributed by atoms with van der Waals surface area (Å²) in [6.45, 7) is 1.09. The molecule has 0 bridgehead atoms. The zero-order chi connectivity index (χ0) is 10.8. The third-order valence-corrected chi connectivity index (χ3v) is 2.83. The minimum atomic E-state index is 0.484. The number of furan rings is 1. The summed E-state index contributed by atoms with van der Waals surface area (Å²) < 4.78 is 10.2. The van der Waals surface area contributed by atoms with Crippen LogP contribution in [0.5, 0.6) is 0 Å². The Morgan fingerprint density at radius 2 is 2.50 bits per heavy atom. The maximum Gasteiger partial charge on any atom is 0.228 e. The van der Waals surface area contributed by atoms with Crippen molar-refractivity contribution in [3.63, 3.8) is 0 Å². The molecule has 1 aliphatic heterocycles. The largest absolute Gasteiger partial charge is 0.472 e. The minimum absolute atomic E-state index is 0.484. The average molecular weight is 219 g/mol. The van der Waals surface area contributed by atoms with Crippen LogP contribution in [0, 0.1) is 0 Å². The first-order chi connectivity index (χ1) is 7.92. The molecule has 2 aromatic rings. The van der Waals surface area contributed by atoms with Crippen molar-refractivity contribution in [1.29, 1.82) is 0 Å². The Morgan fingerprint density at radius 1 is 1.50 bits per heavy atom. The van der Waals surface area contributed by atoms with Gasteiger partial charge >= 0.3 is 0 Å². The van der Waals surface area contributed by atoms with Crippen LogP contribution in [0.3, 0.4) is 0 Å². The number of aromatic nitrogens is 2. The second-order valence-electron chi connectivity index (χ2n) is 4.02. The smallest absolute Gasteiger partial charge is 0.228 e. The quantitative estimate of drug-likeness (QED) is 0.849. The van der Waals surface area contributed by atoms with Gasteiger partial charge in [-0.1, -0.05) is 5.16 Å². The van der Waals surface area contributed by atoms with E-state index in [1.54, 1.807) is 12.5 Å². The van der Waals surface area contributed by atoms with Gasteiger partial charge in [0.25, 0.3) is 0 Å². The van der Waals surface area contributed by atoms with Gasteiger partial charge in [0.05, 0.1) is 11.8 Å². The van der Waals surface area contributed by atoms with Crippen LogP contribution < -0.4 is 5.32 Å². The standard InChI is InChI=1S/C11H13N3O2/c1-2-9(12-4-1)6-10-13-11(14-16-10)8-3-5-15-7-8/h3,5,7,9,12H,1-2,4,6H2. The predicted octanol–water partition coefficient (Wildman–Crippen LogP) is 1.62. The summed E-state index contributed by atoms with van der Waals surface area (Å²) >= 11 is 0. The summed E-state index contributed by atoms with van der Waals surface area (Å²) in [5.41, 5.74) is 0.856. The number of rotatable bonds is 3. The maximum atomic E-state index is 5.21. The zero-order valence-electron chi connectivity index (χ0n) is 8.85. The zero-order valence-corrected chi connectivity index (χ0v) is 8.85. The van der Waals surface area contributed by atoms with Crippen LogP contribution in [-0.2, 0) is 6.42 Å². The molecule has 84 valence electrons. The Bertz CT molecular complexity index is 444. The third kappa shape index (κ3) is 1.86. The fourth-order valence-corrected chi connectivity index (χ4v) is 1.99.